The molecule has 2 atom stereocenters. The van der Waals surface area contributed by atoms with E-state index in [0.717, 1.165) is 32.4 Å². The van der Waals surface area contributed by atoms with Gasteiger partial charge in [-0.25, -0.2) is 0 Å². The average Bonchev–Trinajstić information content (AvgIpc) is 2.45. The van der Waals surface area contributed by atoms with Gasteiger partial charge >= 0.3 is 0 Å². The lowest BCUT2D eigenvalue weighted by Crippen LogP contribution is -2.47. The van der Waals surface area contributed by atoms with Gasteiger partial charge in [-0.05, 0) is 39.2 Å². The molecule has 1 heterocycles. The summed E-state index contributed by atoms with van der Waals surface area (Å²) in [5.74, 6) is 0.498. The Morgan fingerprint density at radius 3 is 2.55 bits per heavy atom. The normalized spacial score (nSPS) is 23.8. The van der Waals surface area contributed by atoms with Gasteiger partial charge in [0.2, 0.25) is 5.91 Å². The Labute approximate surface area is 125 Å². The Hall–Kier alpha value is -0.570. The summed E-state index contributed by atoms with van der Waals surface area (Å²) in [4.78, 5) is 14.7. The van der Waals surface area contributed by atoms with E-state index in [2.05, 4.69) is 31.0 Å². The fourth-order valence-corrected chi connectivity index (χ4v) is 2.98. The first-order valence-corrected chi connectivity index (χ1v) is 8.70. The third-order valence-electron chi connectivity index (χ3n) is 4.51. The average molecular weight is 282 g/mol. The lowest BCUT2D eigenvalue weighted by atomic mass is 9.92. The van der Waals surface area contributed by atoms with Gasteiger partial charge in [0.15, 0.2) is 0 Å². The number of carbonyl (C=O) groups is 1. The van der Waals surface area contributed by atoms with Gasteiger partial charge in [-0.3, -0.25) is 9.69 Å². The van der Waals surface area contributed by atoms with Crippen LogP contribution in [0.3, 0.4) is 0 Å². The van der Waals surface area contributed by atoms with Crippen LogP contribution in [0.4, 0.5) is 0 Å². The minimum atomic E-state index is 0.217. The van der Waals surface area contributed by atoms with Crippen LogP contribution in [0.2, 0.25) is 0 Å². The van der Waals surface area contributed by atoms with Crippen molar-refractivity contribution in [3.8, 4) is 0 Å². The molecule has 0 bridgehead atoms. The molecule has 1 aliphatic rings. The van der Waals surface area contributed by atoms with E-state index in [0.29, 0.717) is 6.04 Å². The van der Waals surface area contributed by atoms with Gasteiger partial charge in [-0.15, -0.1) is 0 Å². The Balaban J connectivity index is 2.30. The molecule has 20 heavy (non-hydrogen) atoms. The van der Waals surface area contributed by atoms with Crippen LogP contribution in [0.5, 0.6) is 0 Å². The SMILES string of the molecule is CCCCCCN1CC(C(=O)NCCCC)CCC1C. The second kappa shape index (κ2) is 10.2. The van der Waals surface area contributed by atoms with Crippen molar-refractivity contribution in [1.82, 2.24) is 10.2 Å². The quantitative estimate of drug-likeness (QED) is 0.656. The molecule has 1 saturated heterocycles. The van der Waals surface area contributed by atoms with Crippen LogP contribution < -0.4 is 5.32 Å². The number of piperidine rings is 1. The highest BCUT2D eigenvalue weighted by atomic mass is 16.1. The lowest BCUT2D eigenvalue weighted by molar-refractivity contribution is -0.127. The first kappa shape index (κ1) is 17.5. The van der Waals surface area contributed by atoms with Crippen LogP contribution >= 0.6 is 0 Å². The molecule has 1 aliphatic heterocycles. The van der Waals surface area contributed by atoms with Crippen LogP contribution in [0.1, 0.15) is 72.1 Å². The molecule has 0 spiro atoms. The minimum Gasteiger partial charge on any atom is -0.356 e. The van der Waals surface area contributed by atoms with Crippen LogP contribution in [-0.4, -0.2) is 36.5 Å². The summed E-state index contributed by atoms with van der Waals surface area (Å²) in [5, 5.41) is 3.10. The summed E-state index contributed by atoms with van der Waals surface area (Å²) in [6, 6.07) is 0.649. The van der Waals surface area contributed by atoms with Gasteiger partial charge < -0.3 is 5.32 Å². The summed E-state index contributed by atoms with van der Waals surface area (Å²) >= 11 is 0. The van der Waals surface area contributed by atoms with Gasteiger partial charge in [-0.1, -0.05) is 39.5 Å². The summed E-state index contributed by atoms with van der Waals surface area (Å²) in [6.07, 6.45) is 9.70. The molecular formula is C17H34N2O. The van der Waals surface area contributed by atoms with Crippen molar-refractivity contribution in [1.29, 1.82) is 0 Å². The van der Waals surface area contributed by atoms with Crippen molar-refractivity contribution in [3.63, 3.8) is 0 Å². The number of nitrogens with one attached hydrogen (secondary N) is 1. The van der Waals surface area contributed by atoms with E-state index in [9.17, 15) is 4.79 Å². The van der Waals surface area contributed by atoms with Crippen LogP contribution in [0, 0.1) is 5.92 Å². The fourth-order valence-electron chi connectivity index (χ4n) is 2.98. The molecule has 3 nitrogen and oxygen atoms in total. The Bertz CT molecular complexity index is 268. The summed E-state index contributed by atoms with van der Waals surface area (Å²) in [7, 11) is 0. The third kappa shape index (κ3) is 6.25. The van der Waals surface area contributed by atoms with Gasteiger partial charge in [-0.2, -0.15) is 0 Å². The zero-order valence-corrected chi connectivity index (χ0v) is 13.8. The van der Waals surface area contributed by atoms with Crippen LogP contribution in [0.15, 0.2) is 0 Å². The van der Waals surface area contributed by atoms with Crippen molar-refractivity contribution in [2.45, 2.75) is 78.2 Å². The van der Waals surface area contributed by atoms with E-state index in [-0.39, 0.29) is 11.8 Å². The molecule has 0 aromatic heterocycles. The fraction of sp³-hybridized carbons (Fsp3) is 0.941. The molecule has 0 aliphatic carbocycles. The topological polar surface area (TPSA) is 32.3 Å². The maximum absolute atomic E-state index is 12.2. The second-order valence-corrected chi connectivity index (χ2v) is 6.32. The number of hydrogen-bond acceptors (Lipinski definition) is 2. The number of nitrogens with zero attached hydrogens (tertiary/aromatic N) is 1. The largest absolute Gasteiger partial charge is 0.356 e. The highest BCUT2D eigenvalue weighted by Crippen LogP contribution is 2.22. The third-order valence-corrected chi connectivity index (χ3v) is 4.51. The molecule has 0 radical (unpaired) electrons. The highest BCUT2D eigenvalue weighted by molar-refractivity contribution is 5.78. The van der Waals surface area contributed by atoms with E-state index in [1.165, 1.54) is 38.6 Å². The van der Waals surface area contributed by atoms with Crippen LogP contribution in [-0.2, 0) is 4.79 Å². The number of amides is 1. The number of unbranched alkanes of at least 4 members (excludes halogenated alkanes) is 4. The predicted octanol–water partition coefficient (Wildman–Crippen LogP) is 3.58. The van der Waals surface area contributed by atoms with Crippen molar-refractivity contribution in [3.05, 3.63) is 0 Å². The predicted molar refractivity (Wildman–Crippen MR) is 85.8 cm³/mol. The Kier molecular flexibility index (Phi) is 8.92. The number of hydrogen-bond donors (Lipinski definition) is 1. The van der Waals surface area contributed by atoms with Crippen molar-refractivity contribution >= 4 is 5.91 Å². The summed E-state index contributed by atoms with van der Waals surface area (Å²) in [6.45, 7) is 9.70. The van der Waals surface area contributed by atoms with Crippen molar-refractivity contribution < 1.29 is 4.79 Å². The first-order chi connectivity index (χ1) is 9.69. The maximum atomic E-state index is 12.2. The first-order valence-electron chi connectivity index (χ1n) is 8.70. The van der Waals surface area contributed by atoms with Gasteiger partial charge in [0, 0.05) is 19.1 Å². The van der Waals surface area contributed by atoms with E-state index in [4.69, 9.17) is 0 Å². The molecule has 3 heteroatoms. The Morgan fingerprint density at radius 2 is 1.85 bits per heavy atom. The highest BCUT2D eigenvalue weighted by Gasteiger charge is 2.29. The summed E-state index contributed by atoms with van der Waals surface area (Å²) < 4.78 is 0. The molecule has 0 aromatic carbocycles. The maximum Gasteiger partial charge on any atom is 0.224 e. The molecule has 1 amide bonds. The van der Waals surface area contributed by atoms with E-state index in [1.807, 2.05) is 0 Å². The van der Waals surface area contributed by atoms with E-state index >= 15 is 0 Å². The zero-order chi connectivity index (χ0) is 14.8. The van der Waals surface area contributed by atoms with Crippen molar-refractivity contribution in [2.24, 2.45) is 5.92 Å². The van der Waals surface area contributed by atoms with Gasteiger partial charge in [0.1, 0.15) is 0 Å². The number of carbonyl (C=O) groups excluding carboxylic acids is 1. The van der Waals surface area contributed by atoms with E-state index in [1.54, 1.807) is 0 Å². The second-order valence-electron chi connectivity index (χ2n) is 6.32. The zero-order valence-electron chi connectivity index (χ0n) is 13.8. The monoisotopic (exact) mass is 282 g/mol. The molecule has 1 N–H and O–H groups in total. The summed E-state index contributed by atoms with van der Waals surface area (Å²) in [5.41, 5.74) is 0. The molecule has 118 valence electrons. The minimum absolute atomic E-state index is 0.217. The van der Waals surface area contributed by atoms with Gasteiger partial charge in [0.05, 0.1) is 5.92 Å². The molecule has 0 aromatic rings. The Morgan fingerprint density at radius 1 is 1.10 bits per heavy atom. The number of rotatable bonds is 9. The smallest absolute Gasteiger partial charge is 0.224 e. The molecule has 2 unspecified atom stereocenters. The van der Waals surface area contributed by atoms with Gasteiger partial charge in [0.25, 0.3) is 0 Å². The molecule has 1 rings (SSSR count). The lowest BCUT2D eigenvalue weighted by Gasteiger charge is -2.37. The number of likely N-dealkylation sites (tertiary alicyclic amines) is 1. The molecular weight excluding hydrogens is 248 g/mol. The standard InChI is InChI=1S/C17H34N2O/c1-4-6-8-9-13-19-14-16(11-10-15(19)3)17(20)18-12-7-5-2/h15-16H,4-14H2,1-3H3,(H,18,20). The van der Waals surface area contributed by atoms with E-state index < -0.39 is 0 Å². The van der Waals surface area contributed by atoms with Crippen LogP contribution in [0.25, 0.3) is 0 Å². The van der Waals surface area contributed by atoms with Crippen molar-refractivity contribution in [2.75, 3.05) is 19.6 Å². The molecule has 1 fully saturated rings. The molecule has 0 saturated carbocycles.